The highest BCUT2D eigenvalue weighted by Gasteiger charge is 2.28. The van der Waals surface area contributed by atoms with Crippen molar-refractivity contribution in [3.63, 3.8) is 0 Å². The number of carbonyl (C=O) groups is 1. The van der Waals surface area contributed by atoms with Gasteiger partial charge < -0.3 is 9.80 Å². The fourth-order valence-corrected chi connectivity index (χ4v) is 4.26. The van der Waals surface area contributed by atoms with Gasteiger partial charge in [-0.2, -0.15) is 5.10 Å². The van der Waals surface area contributed by atoms with Crippen LogP contribution in [0.1, 0.15) is 35.5 Å². The van der Waals surface area contributed by atoms with E-state index in [9.17, 15) is 9.59 Å². The summed E-state index contributed by atoms with van der Waals surface area (Å²) in [4.78, 5) is 29.9. The molecule has 2 aromatic heterocycles. The third-order valence-corrected chi connectivity index (χ3v) is 6.06. The SMILES string of the molecule is Cc1ccc(C)c(N2CCN(C(=O)C(C)n3nc(-n4nc(C)cc4C)ccc3=O)CC2)c1. The van der Waals surface area contributed by atoms with Gasteiger partial charge in [0.15, 0.2) is 5.82 Å². The van der Waals surface area contributed by atoms with E-state index in [1.54, 1.807) is 17.7 Å². The first kappa shape index (κ1) is 21.8. The van der Waals surface area contributed by atoms with Gasteiger partial charge in [-0.05, 0) is 63.9 Å². The van der Waals surface area contributed by atoms with Crippen molar-refractivity contribution in [2.75, 3.05) is 31.1 Å². The van der Waals surface area contributed by atoms with E-state index < -0.39 is 6.04 Å². The van der Waals surface area contributed by atoms with E-state index in [2.05, 4.69) is 47.1 Å². The van der Waals surface area contributed by atoms with Crippen LogP contribution in [0.3, 0.4) is 0 Å². The molecule has 168 valence electrons. The lowest BCUT2D eigenvalue weighted by Crippen LogP contribution is -2.51. The van der Waals surface area contributed by atoms with Gasteiger partial charge >= 0.3 is 0 Å². The fraction of sp³-hybridized carbons (Fsp3) is 0.417. The van der Waals surface area contributed by atoms with E-state index in [-0.39, 0.29) is 11.5 Å². The highest BCUT2D eigenvalue weighted by Crippen LogP contribution is 2.23. The van der Waals surface area contributed by atoms with E-state index in [1.807, 2.05) is 24.8 Å². The molecule has 4 rings (SSSR count). The van der Waals surface area contributed by atoms with Gasteiger partial charge in [0, 0.05) is 43.6 Å². The van der Waals surface area contributed by atoms with Crippen LogP contribution in [0, 0.1) is 27.7 Å². The van der Waals surface area contributed by atoms with Crippen molar-refractivity contribution >= 4 is 11.6 Å². The largest absolute Gasteiger partial charge is 0.368 e. The first-order valence-electron chi connectivity index (χ1n) is 11.0. The quantitative estimate of drug-likeness (QED) is 0.631. The summed E-state index contributed by atoms with van der Waals surface area (Å²) in [7, 11) is 0. The molecule has 1 unspecified atom stereocenters. The summed E-state index contributed by atoms with van der Waals surface area (Å²) in [5.41, 5.74) is 5.17. The van der Waals surface area contributed by atoms with Crippen molar-refractivity contribution in [2.24, 2.45) is 0 Å². The summed E-state index contributed by atoms with van der Waals surface area (Å²) >= 11 is 0. The Hall–Kier alpha value is -3.42. The Morgan fingerprint density at radius 2 is 1.66 bits per heavy atom. The van der Waals surface area contributed by atoms with Crippen molar-refractivity contribution in [2.45, 2.75) is 40.7 Å². The Balaban J connectivity index is 1.50. The maximum absolute atomic E-state index is 13.2. The zero-order chi connectivity index (χ0) is 23.0. The minimum absolute atomic E-state index is 0.0919. The van der Waals surface area contributed by atoms with Crippen LogP contribution in [0.15, 0.2) is 41.2 Å². The smallest absolute Gasteiger partial charge is 0.267 e. The standard InChI is InChI=1S/C24H30N6O2/c1-16-6-7-17(2)21(14-16)27-10-12-28(13-11-27)24(32)20(5)30-23(31)9-8-22(26-30)29-19(4)15-18(3)25-29/h6-9,14-15,20H,10-13H2,1-5H3. The van der Waals surface area contributed by atoms with Gasteiger partial charge in [-0.15, -0.1) is 5.10 Å². The molecule has 1 atom stereocenters. The normalized spacial score (nSPS) is 15.2. The van der Waals surface area contributed by atoms with Gasteiger partial charge in [0.25, 0.3) is 5.56 Å². The van der Waals surface area contributed by atoms with Crippen LogP contribution in [0.2, 0.25) is 0 Å². The number of benzene rings is 1. The van der Waals surface area contributed by atoms with E-state index in [0.29, 0.717) is 18.9 Å². The number of aromatic nitrogens is 4. The topological polar surface area (TPSA) is 76.3 Å². The summed E-state index contributed by atoms with van der Waals surface area (Å²) in [6, 6.07) is 10.8. The van der Waals surface area contributed by atoms with Crippen LogP contribution in [0.25, 0.3) is 5.82 Å². The Morgan fingerprint density at radius 3 is 2.31 bits per heavy atom. The third-order valence-electron chi connectivity index (χ3n) is 6.06. The second kappa shape index (κ2) is 8.61. The summed E-state index contributed by atoms with van der Waals surface area (Å²) in [5.74, 6) is 0.431. The first-order chi connectivity index (χ1) is 15.2. The van der Waals surface area contributed by atoms with E-state index in [1.165, 1.54) is 27.6 Å². The molecule has 0 spiro atoms. The second-order valence-electron chi connectivity index (χ2n) is 8.59. The number of hydrogen-bond donors (Lipinski definition) is 0. The Labute approximate surface area is 188 Å². The molecule has 8 heteroatoms. The minimum Gasteiger partial charge on any atom is -0.368 e. The van der Waals surface area contributed by atoms with Crippen LogP contribution in [-0.4, -0.2) is 56.5 Å². The molecule has 3 aromatic rings. The zero-order valence-corrected chi connectivity index (χ0v) is 19.4. The number of nitrogens with zero attached hydrogens (tertiary/aromatic N) is 6. The minimum atomic E-state index is -0.688. The molecule has 32 heavy (non-hydrogen) atoms. The fourth-order valence-electron chi connectivity index (χ4n) is 4.26. The molecule has 0 saturated carbocycles. The van der Waals surface area contributed by atoms with Crippen molar-refractivity contribution in [3.8, 4) is 5.82 Å². The van der Waals surface area contributed by atoms with E-state index >= 15 is 0 Å². The molecule has 0 bridgehead atoms. The van der Waals surface area contributed by atoms with Crippen LogP contribution in [-0.2, 0) is 4.79 Å². The lowest BCUT2D eigenvalue weighted by molar-refractivity contribution is -0.135. The molecule has 1 saturated heterocycles. The molecule has 1 aliphatic rings. The van der Waals surface area contributed by atoms with Crippen LogP contribution in [0.5, 0.6) is 0 Å². The molecule has 1 aliphatic heterocycles. The summed E-state index contributed by atoms with van der Waals surface area (Å²) in [5, 5.41) is 8.90. The average molecular weight is 435 g/mol. The highest BCUT2D eigenvalue weighted by atomic mass is 16.2. The van der Waals surface area contributed by atoms with E-state index in [4.69, 9.17) is 0 Å². The monoisotopic (exact) mass is 434 g/mol. The van der Waals surface area contributed by atoms with Gasteiger partial charge in [-0.1, -0.05) is 12.1 Å². The molecule has 1 amide bonds. The van der Waals surface area contributed by atoms with Crippen LogP contribution < -0.4 is 10.5 Å². The molecule has 8 nitrogen and oxygen atoms in total. The third kappa shape index (κ3) is 4.17. The lowest BCUT2D eigenvalue weighted by Gasteiger charge is -2.38. The maximum atomic E-state index is 13.2. The van der Waals surface area contributed by atoms with Crippen molar-refractivity contribution in [1.29, 1.82) is 0 Å². The number of rotatable bonds is 4. The number of anilines is 1. The lowest BCUT2D eigenvalue weighted by atomic mass is 10.1. The molecular formula is C24H30N6O2. The predicted octanol–water partition coefficient (Wildman–Crippen LogP) is 2.57. The van der Waals surface area contributed by atoms with Gasteiger partial charge in [-0.25, -0.2) is 9.36 Å². The number of carbonyl (C=O) groups excluding carboxylic acids is 1. The van der Waals surface area contributed by atoms with Gasteiger partial charge in [0.1, 0.15) is 6.04 Å². The second-order valence-corrected chi connectivity index (χ2v) is 8.59. The van der Waals surface area contributed by atoms with Gasteiger partial charge in [-0.3, -0.25) is 9.59 Å². The molecule has 3 heterocycles. The number of hydrogen-bond acceptors (Lipinski definition) is 5. The van der Waals surface area contributed by atoms with Crippen molar-refractivity contribution in [1.82, 2.24) is 24.5 Å². The molecule has 0 N–H and O–H groups in total. The predicted molar refractivity (Wildman–Crippen MR) is 125 cm³/mol. The van der Waals surface area contributed by atoms with Crippen LogP contribution in [0.4, 0.5) is 5.69 Å². The van der Waals surface area contributed by atoms with E-state index in [0.717, 1.165) is 24.5 Å². The average Bonchev–Trinajstić information content (AvgIpc) is 3.12. The Morgan fingerprint density at radius 1 is 0.938 bits per heavy atom. The highest BCUT2D eigenvalue weighted by molar-refractivity contribution is 5.80. The molecule has 1 fully saturated rings. The Kier molecular flexibility index (Phi) is 5.86. The molecule has 0 radical (unpaired) electrons. The zero-order valence-electron chi connectivity index (χ0n) is 19.4. The summed E-state index contributed by atoms with van der Waals surface area (Å²) in [6.45, 7) is 12.5. The number of amides is 1. The summed E-state index contributed by atoms with van der Waals surface area (Å²) < 4.78 is 2.95. The summed E-state index contributed by atoms with van der Waals surface area (Å²) in [6.07, 6.45) is 0. The number of aryl methyl sites for hydroxylation is 4. The van der Waals surface area contributed by atoms with Crippen LogP contribution >= 0.6 is 0 Å². The molecule has 0 aliphatic carbocycles. The number of piperazine rings is 1. The van der Waals surface area contributed by atoms with Crippen molar-refractivity contribution in [3.05, 3.63) is 69.3 Å². The maximum Gasteiger partial charge on any atom is 0.267 e. The van der Waals surface area contributed by atoms with Crippen molar-refractivity contribution < 1.29 is 4.79 Å². The molecular weight excluding hydrogens is 404 g/mol. The first-order valence-corrected chi connectivity index (χ1v) is 11.0. The van der Waals surface area contributed by atoms with Gasteiger partial charge in [0.05, 0.1) is 5.69 Å². The van der Waals surface area contributed by atoms with Gasteiger partial charge in [0.2, 0.25) is 5.91 Å². The molecule has 1 aromatic carbocycles. The Bertz CT molecular complexity index is 1200.